The van der Waals surface area contributed by atoms with Gasteiger partial charge in [0.25, 0.3) is 10.0 Å². The number of benzene rings is 1. The molecule has 1 N–H and O–H groups in total. The second-order valence-corrected chi connectivity index (χ2v) is 6.66. The van der Waals surface area contributed by atoms with Crippen molar-refractivity contribution in [2.75, 3.05) is 18.9 Å². The van der Waals surface area contributed by atoms with Gasteiger partial charge in [0.15, 0.2) is 10.7 Å². The van der Waals surface area contributed by atoms with E-state index in [-0.39, 0.29) is 33.2 Å². The number of aromatic nitrogens is 1. The number of aryl methyl sites for hydroxylation is 2. The molecule has 0 aliphatic rings. The van der Waals surface area contributed by atoms with Crippen LogP contribution in [0.2, 0.25) is 0 Å². The SMILES string of the molecule is COC(=O)c1cc(NS(=O)(=O)c2c(C)noc2C)cc(C(=O)OC)c1. The molecule has 1 heterocycles. The van der Waals surface area contributed by atoms with Crippen molar-refractivity contribution in [2.45, 2.75) is 18.7 Å². The summed E-state index contributed by atoms with van der Waals surface area (Å²) in [6.45, 7) is 2.94. The van der Waals surface area contributed by atoms with Gasteiger partial charge < -0.3 is 14.0 Å². The number of hydrogen-bond donors (Lipinski definition) is 1. The second kappa shape index (κ2) is 6.93. The summed E-state index contributed by atoms with van der Waals surface area (Å²) in [7, 11) is -1.71. The second-order valence-electron chi connectivity index (χ2n) is 5.04. The summed E-state index contributed by atoms with van der Waals surface area (Å²) in [6.07, 6.45) is 0. The summed E-state index contributed by atoms with van der Waals surface area (Å²) >= 11 is 0. The fourth-order valence-corrected chi connectivity index (χ4v) is 3.59. The standard InChI is InChI=1S/C15H16N2O7S/c1-8-13(9(2)24-16-8)25(20,21)17-12-6-10(14(18)22-3)5-11(7-12)15(19)23-4/h5-7,17H,1-4H3. The van der Waals surface area contributed by atoms with E-state index in [1.54, 1.807) is 0 Å². The average molecular weight is 368 g/mol. The van der Waals surface area contributed by atoms with Crippen molar-refractivity contribution in [3.8, 4) is 0 Å². The maximum atomic E-state index is 12.6. The molecular weight excluding hydrogens is 352 g/mol. The third-order valence-corrected chi connectivity index (χ3v) is 4.89. The zero-order valence-electron chi connectivity index (χ0n) is 13.9. The Labute approximate surface area is 144 Å². The van der Waals surface area contributed by atoms with Crippen LogP contribution in [0.4, 0.5) is 5.69 Å². The first kappa shape index (κ1) is 18.5. The first-order chi connectivity index (χ1) is 11.7. The fraction of sp³-hybridized carbons (Fsp3) is 0.267. The minimum absolute atomic E-state index is 0.0108. The van der Waals surface area contributed by atoms with E-state index in [1.807, 2.05) is 0 Å². The van der Waals surface area contributed by atoms with Gasteiger partial charge in [0, 0.05) is 0 Å². The first-order valence-corrected chi connectivity index (χ1v) is 8.45. The fourth-order valence-electron chi connectivity index (χ4n) is 2.22. The summed E-state index contributed by atoms with van der Waals surface area (Å²) in [5, 5.41) is 3.60. The van der Waals surface area contributed by atoms with Gasteiger partial charge in [-0.1, -0.05) is 5.16 Å². The molecule has 0 unspecified atom stereocenters. The van der Waals surface area contributed by atoms with Gasteiger partial charge in [-0.15, -0.1) is 0 Å². The van der Waals surface area contributed by atoms with E-state index in [4.69, 9.17) is 4.52 Å². The van der Waals surface area contributed by atoms with E-state index in [0.717, 1.165) is 0 Å². The number of hydrogen-bond acceptors (Lipinski definition) is 8. The van der Waals surface area contributed by atoms with Crippen molar-refractivity contribution in [3.05, 3.63) is 40.8 Å². The monoisotopic (exact) mass is 368 g/mol. The van der Waals surface area contributed by atoms with Crippen LogP contribution < -0.4 is 4.72 Å². The topological polar surface area (TPSA) is 125 Å². The molecular formula is C15H16N2O7S. The molecule has 0 spiro atoms. The molecule has 0 saturated carbocycles. The van der Waals surface area contributed by atoms with Crippen molar-refractivity contribution in [3.63, 3.8) is 0 Å². The van der Waals surface area contributed by atoms with E-state index in [9.17, 15) is 18.0 Å². The van der Waals surface area contributed by atoms with Crippen LogP contribution in [0.5, 0.6) is 0 Å². The lowest BCUT2D eigenvalue weighted by atomic mass is 10.1. The molecule has 1 aromatic carbocycles. The van der Waals surface area contributed by atoms with Crippen LogP contribution in [-0.2, 0) is 19.5 Å². The Bertz CT molecular complexity index is 878. The van der Waals surface area contributed by atoms with Crippen LogP contribution in [0.25, 0.3) is 0 Å². The summed E-state index contributed by atoms with van der Waals surface area (Å²) in [5.74, 6) is -1.35. The van der Waals surface area contributed by atoms with Gasteiger partial charge in [0.2, 0.25) is 0 Å². The highest BCUT2D eigenvalue weighted by atomic mass is 32.2. The number of sulfonamides is 1. The largest absolute Gasteiger partial charge is 0.465 e. The van der Waals surface area contributed by atoms with Gasteiger partial charge in [-0.25, -0.2) is 18.0 Å². The molecule has 0 amide bonds. The molecule has 0 fully saturated rings. The summed E-state index contributed by atoms with van der Waals surface area (Å²) in [5.41, 5.74) is 0.148. The molecule has 0 atom stereocenters. The molecule has 0 radical (unpaired) electrons. The molecule has 0 aliphatic heterocycles. The zero-order valence-corrected chi connectivity index (χ0v) is 14.8. The van der Waals surface area contributed by atoms with Gasteiger partial charge >= 0.3 is 11.9 Å². The maximum absolute atomic E-state index is 12.6. The Balaban J connectivity index is 2.51. The lowest BCUT2D eigenvalue weighted by Gasteiger charge is -2.11. The van der Waals surface area contributed by atoms with Gasteiger partial charge in [0.05, 0.1) is 31.0 Å². The van der Waals surface area contributed by atoms with Crippen LogP contribution >= 0.6 is 0 Å². The molecule has 134 valence electrons. The lowest BCUT2D eigenvalue weighted by Crippen LogP contribution is -2.16. The molecule has 1 aromatic heterocycles. The van der Waals surface area contributed by atoms with E-state index >= 15 is 0 Å². The number of carbonyl (C=O) groups is 2. The predicted molar refractivity (Wildman–Crippen MR) is 85.9 cm³/mol. The molecule has 10 heteroatoms. The molecule has 0 bridgehead atoms. The normalized spacial score (nSPS) is 11.0. The van der Waals surface area contributed by atoms with E-state index in [2.05, 4.69) is 19.4 Å². The van der Waals surface area contributed by atoms with Gasteiger partial charge in [-0.2, -0.15) is 0 Å². The molecule has 0 saturated heterocycles. The first-order valence-electron chi connectivity index (χ1n) is 6.97. The van der Waals surface area contributed by atoms with Crippen LogP contribution in [-0.4, -0.2) is 39.7 Å². The number of nitrogens with one attached hydrogen (secondary N) is 1. The Morgan fingerprint density at radius 1 is 1.04 bits per heavy atom. The van der Waals surface area contributed by atoms with Crippen molar-refractivity contribution < 1.29 is 32.0 Å². The Kier molecular flexibility index (Phi) is 5.12. The molecule has 2 rings (SSSR count). The Morgan fingerprint density at radius 2 is 1.56 bits per heavy atom. The molecule has 2 aromatic rings. The van der Waals surface area contributed by atoms with Gasteiger partial charge in [-0.05, 0) is 32.0 Å². The minimum atomic E-state index is -4.04. The van der Waals surface area contributed by atoms with Crippen molar-refractivity contribution >= 4 is 27.6 Å². The molecule has 25 heavy (non-hydrogen) atoms. The van der Waals surface area contributed by atoms with Crippen molar-refractivity contribution in [2.24, 2.45) is 0 Å². The number of carbonyl (C=O) groups excluding carboxylic acids is 2. The van der Waals surface area contributed by atoms with Crippen LogP contribution in [0.1, 0.15) is 32.2 Å². The summed E-state index contributed by atoms with van der Waals surface area (Å²) in [6, 6.07) is 3.73. The number of esters is 2. The number of nitrogens with zero attached hydrogens (tertiary/aromatic N) is 1. The highest BCUT2D eigenvalue weighted by Gasteiger charge is 2.25. The Morgan fingerprint density at radius 3 is 1.96 bits per heavy atom. The van der Waals surface area contributed by atoms with Crippen LogP contribution in [0.15, 0.2) is 27.6 Å². The smallest absolute Gasteiger partial charge is 0.337 e. The van der Waals surface area contributed by atoms with Crippen molar-refractivity contribution in [1.82, 2.24) is 5.16 Å². The van der Waals surface area contributed by atoms with Crippen LogP contribution in [0, 0.1) is 13.8 Å². The molecule has 9 nitrogen and oxygen atoms in total. The number of ether oxygens (including phenoxy) is 2. The maximum Gasteiger partial charge on any atom is 0.337 e. The third-order valence-electron chi connectivity index (χ3n) is 3.26. The van der Waals surface area contributed by atoms with Gasteiger partial charge in [0.1, 0.15) is 5.69 Å². The third kappa shape index (κ3) is 3.79. The van der Waals surface area contributed by atoms with Crippen LogP contribution in [0.3, 0.4) is 0 Å². The zero-order chi connectivity index (χ0) is 18.8. The average Bonchev–Trinajstić information content (AvgIpc) is 2.91. The Hall–Kier alpha value is -2.88. The van der Waals surface area contributed by atoms with Crippen molar-refractivity contribution in [1.29, 1.82) is 0 Å². The highest BCUT2D eigenvalue weighted by molar-refractivity contribution is 7.92. The quantitative estimate of drug-likeness (QED) is 0.790. The number of rotatable bonds is 5. The van der Waals surface area contributed by atoms with E-state index in [1.165, 1.54) is 46.3 Å². The minimum Gasteiger partial charge on any atom is -0.465 e. The summed E-state index contributed by atoms with van der Waals surface area (Å²) < 4.78 is 41.5. The molecule has 0 aliphatic carbocycles. The number of methoxy groups -OCH3 is 2. The van der Waals surface area contributed by atoms with E-state index < -0.39 is 22.0 Å². The van der Waals surface area contributed by atoms with E-state index in [0.29, 0.717) is 0 Å². The summed E-state index contributed by atoms with van der Waals surface area (Å²) in [4.78, 5) is 23.4. The predicted octanol–water partition coefficient (Wildman–Crippen LogP) is 1.67. The highest BCUT2D eigenvalue weighted by Crippen LogP contribution is 2.24. The van der Waals surface area contributed by atoms with Gasteiger partial charge in [-0.3, -0.25) is 4.72 Å². The lowest BCUT2D eigenvalue weighted by molar-refractivity contribution is 0.0599. The number of anilines is 1.